The molecule has 0 aromatic heterocycles. The number of hydrogen-bond acceptors (Lipinski definition) is 2. The van der Waals surface area contributed by atoms with Gasteiger partial charge >= 0.3 is 0 Å². The van der Waals surface area contributed by atoms with Crippen LogP contribution in [0.5, 0.6) is 5.75 Å². The van der Waals surface area contributed by atoms with Gasteiger partial charge in [0, 0.05) is 10.5 Å². The average Bonchev–Trinajstić information content (AvgIpc) is 2.17. The third-order valence-electron chi connectivity index (χ3n) is 2.09. The van der Waals surface area contributed by atoms with E-state index in [4.69, 9.17) is 10.3 Å². The summed E-state index contributed by atoms with van der Waals surface area (Å²) < 4.78 is 5.13. The molecule has 15 heavy (non-hydrogen) atoms. The van der Waals surface area contributed by atoms with Gasteiger partial charge in [-0.1, -0.05) is 31.1 Å². The van der Waals surface area contributed by atoms with Crippen LogP contribution in [0.4, 0.5) is 0 Å². The van der Waals surface area contributed by atoms with Crippen molar-refractivity contribution in [1.82, 2.24) is 0 Å². The molecule has 0 spiro atoms. The molecule has 1 rings (SSSR count). The van der Waals surface area contributed by atoms with Crippen molar-refractivity contribution in [2.45, 2.75) is 25.8 Å². The minimum atomic E-state index is -0.402. The van der Waals surface area contributed by atoms with Gasteiger partial charge in [-0.2, -0.15) is 0 Å². The van der Waals surface area contributed by atoms with Gasteiger partial charge in [0.2, 0.25) is 0 Å². The van der Waals surface area contributed by atoms with Gasteiger partial charge in [0.1, 0.15) is 5.75 Å². The van der Waals surface area contributed by atoms with Gasteiger partial charge in [0.25, 0.3) is 0 Å². The Hall–Kier alpha value is -1.67. The number of azide groups is 1. The van der Waals surface area contributed by atoms with Crippen molar-refractivity contribution in [1.29, 1.82) is 0 Å². The molecule has 80 valence electrons. The largest absolute Gasteiger partial charge is 0.497 e. The number of rotatable bonds is 4. The zero-order chi connectivity index (χ0) is 11.3. The van der Waals surface area contributed by atoms with Crippen molar-refractivity contribution in [2.75, 3.05) is 7.11 Å². The first-order valence-corrected chi connectivity index (χ1v) is 4.76. The topological polar surface area (TPSA) is 58.0 Å². The molecule has 4 heteroatoms. The lowest BCUT2D eigenvalue weighted by molar-refractivity contribution is 0.413. The SMILES string of the molecule is COc1cccc(CC(C)(C)N=[N+]=[N-])c1. The van der Waals surface area contributed by atoms with Gasteiger partial charge in [0.15, 0.2) is 0 Å². The van der Waals surface area contributed by atoms with Crippen LogP contribution in [0.2, 0.25) is 0 Å². The van der Waals surface area contributed by atoms with E-state index in [1.165, 1.54) is 0 Å². The molecule has 0 saturated carbocycles. The quantitative estimate of drug-likeness (QED) is 0.422. The van der Waals surface area contributed by atoms with E-state index in [9.17, 15) is 0 Å². The highest BCUT2D eigenvalue weighted by molar-refractivity contribution is 5.29. The van der Waals surface area contributed by atoms with Crippen LogP contribution in [0, 0.1) is 0 Å². The van der Waals surface area contributed by atoms with Crippen LogP contribution in [0.15, 0.2) is 29.4 Å². The van der Waals surface area contributed by atoms with E-state index in [1.54, 1.807) is 7.11 Å². The van der Waals surface area contributed by atoms with Gasteiger partial charge in [0.05, 0.1) is 7.11 Å². The van der Waals surface area contributed by atoms with Crippen LogP contribution in [-0.4, -0.2) is 12.6 Å². The number of methoxy groups -OCH3 is 1. The minimum Gasteiger partial charge on any atom is -0.497 e. The van der Waals surface area contributed by atoms with Crippen molar-refractivity contribution in [3.05, 3.63) is 40.3 Å². The number of benzene rings is 1. The second kappa shape index (κ2) is 4.71. The van der Waals surface area contributed by atoms with E-state index in [2.05, 4.69) is 10.0 Å². The molecule has 0 heterocycles. The highest BCUT2D eigenvalue weighted by Gasteiger charge is 2.16. The summed E-state index contributed by atoms with van der Waals surface area (Å²) >= 11 is 0. The molecule has 0 aliphatic rings. The molecule has 1 aromatic carbocycles. The summed E-state index contributed by atoms with van der Waals surface area (Å²) in [6.07, 6.45) is 0.703. The molecule has 1 aromatic rings. The maximum absolute atomic E-state index is 8.41. The smallest absolute Gasteiger partial charge is 0.119 e. The first-order valence-electron chi connectivity index (χ1n) is 4.76. The zero-order valence-electron chi connectivity index (χ0n) is 9.27. The third-order valence-corrected chi connectivity index (χ3v) is 2.09. The molecule has 0 N–H and O–H groups in total. The maximum atomic E-state index is 8.41. The number of nitrogens with zero attached hydrogens (tertiary/aromatic N) is 3. The Labute approximate surface area is 89.5 Å². The van der Waals surface area contributed by atoms with Crippen molar-refractivity contribution in [2.24, 2.45) is 5.11 Å². The Kier molecular flexibility index (Phi) is 3.58. The standard InChI is InChI=1S/C11H15N3O/c1-11(2,13-14-12)8-9-5-4-6-10(7-9)15-3/h4-7H,8H2,1-3H3. The average molecular weight is 205 g/mol. The third kappa shape index (κ3) is 3.52. The first-order chi connectivity index (χ1) is 7.07. The predicted octanol–water partition coefficient (Wildman–Crippen LogP) is 3.33. The molecular formula is C11H15N3O. The van der Waals surface area contributed by atoms with Gasteiger partial charge in [-0.15, -0.1) is 0 Å². The molecule has 0 bridgehead atoms. The van der Waals surface area contributed by atoms with Gasteiger partial charge < -0.3 is 4.74 Å². The summed E-state index contributed by atoms with van der Waals surface area (Å²) in [5.41, 5.74) is 9.12. The molecule has 0 aliphatic heterocycles. The summed E-state index contributed by atoms with van der Waals surface area (Å²) in [4.78, 5) is 2.84. The summed E-state index contributed by atoms with van der Waals surface area (Å²) in [6, 6.07) is 7.77. The molecule has 0 unspecified atom stereocenters. The first kappa shape index (κ1) is 11.4. The van der Waals surface area contributed by atoms with Gasteiger partial charge in [-0.05, 0) is 29.6 Å². The molecule has 0 radical (unpaired) electrons. The summed E-state index contributed by atoms with van der Waals surface area (Å²) in [5, 5.41) is 3.75. The number of ether oxygens (including phenoxy) is 1. The highest BCUT2D eigenvalue weighted by atomic mass is 16.5. The van der Waals surface area contributed by atoms with Crippen LogP contribution in [0.25, 0.3) is 10.4 Å². The van der Waals surface area contributed by atoms with Crippen molar-refractivity contribution >= 4 is 0 Å². The monoisotopic (exact) mass is 205 g/mol. The molecular weight excluding hydrogens is 190 g/mol. The number of hydrogen-bond donors (Lipinski definition) is 0. The lowest BCUT2D eigenvalue weighted by atomic mass is 9.96. The summed E-state index contributed by atoms with van der Waals surface area (Å²) in [5.74, 6) is 0.823. The Balaban J connectivity index is 2.84. The van der Waals surface area contributed by atoms with Crippen LogP contribution < -0.4 is 4.74 Å². The van der Waals surface area contributed by atoms with Crippen molar-refractivity contribution in [3.8, 4) is 5.75 Å². The van der Waals surface area contributed by atoms with Gasteiger partial charge in [-0.25, -0.2) is 0 Å². The van der Waals surface area contributed by atoms with E-state index < -0.39 is 5.54 Å². The lowest BCUT2D eigenvalue weighted by Crippen LogP contribution is -2.18. The maximum Gasteiger partial charge on any atom is 0.119 e. The van der Waals surface area contributed by atoms with Crippen LogP contribution >= 0.6 is 0 Å². The zero-order valence-corrected chi connectivity index (χ0v) is 9.27. The van der Waals surface area contributed by atoms with Crippen molar-refractivity contribution in [3.63, 3.8) is 0 Å². The molecule has 0 fully saturated rings. The summed E-state index contributed by atoms with van der Waals surface area (Å²) in [7, 11) is 1.64. The highest BCUT2D eigenvalue weighted by Crippen LogP contribution is 2.20. The lowest BCUT2D eigenvalue weighted by Gasteiger charge is -2.17. The molecule has 0 atom stereocenters. The second-order valence-corrected chi connectivity index (χ2v) is 4.03. The van der Waals surface area contributed by atoms with Crippen LogP contribution in [-0.2, 0) is 6.42 Å². The normalized spacial score (nSPS) is 10.6. The van der Waals surface area contributed by atoms with E-state index in [0.717, 1.165) is 11.3 Å². The predicted molar refractivity (Wildman–Crippen MR) is 59.9 cm³/mol. The Morgan fingerprint density at radius 2 is 2.20 bits per heavy atom. The van der Waals surface area contributed by atoms with Crippen LogP contribution in [0.3, 0.4) is 0 Å². The van der Waals surface area contributed by atoms with Crippen molar-refractivity contribution < 1.29 is 4.74 Å². The summed E-state index contributed by atoms with van der Waals surface area (Å²) in [6.45, 7) is 3.82. The second-order valence-electron chi connectivity index (χ2n) is 4.03. The van der Waals surface area contributed by atoms with Gasteiger partial charge in [-0.3, -0.25) is 0 Å². The van der Waals surface area contributed by atoms with E-state index >= 15 is 0 Å². The molecule has 0 aliphatic carbocycles. The Bertz CT molecular complexity index is 381. The molecule has 0 saturated heterocycles. The Morgan fingerprint density at radius 3 is 2.80 bits per heavy atom. The van der Waals surface area contributed by atoms with E-state index in [1.807, 2.05) is 38.1 Å². The minimum absolute atomic E-state index is 0.402. The van der Waals surface area contributed by atoms with Crippen LogP contribution in [0.1, 0.15) is 19.4 Å². The molecule has 0 amide bonds. The fourth-order valence-corrected chi connectivity index (χ4v) is 1.44. The van der Waals surface area contributed by atoms with E-state index in [0.29, 0.717) is 6.42 Å². The fourth-order valence-electron chi connectivity index (χ4n) is 1.44. The van der Waals surface area contributed by atoms with E-state index in [-0.39, 0.29) is 0 Å². The fraction of sp³-hybridized carbons (Fsp3) is 0.455. The Morgan fingerprint density at radius 1 is 1.47 bits per heavy atom. The molecule has 4 nitrogen and oxygen atoms in total.